The maximum atomic E-state index is 12.8. The second kappa shape index (κ2) is 4.71. The summed E-state index contributed by atoms with van der Waals surface area (Å²) in [4.78, 5) is 30.0. The van der Waals surface area contributed by atoms with Gasteiger partial charge in [-0.15, -0.1) is 0 Å². The van der Waals surface area contributed by atoms with Crippen LogP contribution in [0, 0.1) is 13.8 Å². The molecule has 3 amide bonds. The van der Waals surface area contributed by atoms with Crippen LogP contribution in [0.15, 0.2) is 6.07 Å². The molecule has 1 aromatic heterocycles. The number of hydrogen-bond acceptors (Lipinski definition) is 3. The van der Waals surface area contributed by atoms with E-state index >= 15 is 0 Å². The third-order valence-electron chi connectivity index (χ3n) is 3.55. The summed E-state index contributed by atoms with van der Waals surface area (Å²) < 4.78 is 38.5. The van der Waals surface area contributed by atoms with Gasteiger partial charge in [0.25, 0.3) is 5.91 Å². The lowest BCUT2D eigenvalue weighted by atomic mass is 10.1. The molecule has 0 bridgehead atoms. The van der Waals surface area contributed by atoms with Crippen LogP contribution in [0.2, 0.25) is 0 Å². The van der Waals surface area contributed by atoms with Crippen molar-refractivity contribution >= 4 is 17.8 Å². The number of carbonyl (C=O) groups excluding carboxylic acids is 2. The third-order valence-corrected chi connectivity index (χ3v) is 3.55. The van der Waals surface area contributed by atoms with E-state index in [0.717, 1.165) is 11.0 Å². The normalized spacial score (nSPS) is 19.7. The highest BCUT2D eigenvalue weighted by molar-refractivity contribution is 6.20. The van der Waals surface area contributed by atoms with Crippen molar-refractivity contribution in [3.63, 3.8) is 0 Å². The van der Waals surface area contributed by atoms with E-state index in [9.17, 15) is 22.8 Å². The average Bonchev–Trinajstić information content (AvgIpc) is 2.55. The van der Waals surface area contributed by atoms with Crippen LogP contribution in [0.1, 0.15) is 23.7 Å². The number of imide groups is 1. The summed E-state index contributed by atoms with van der Waals surface area (Å²) in [5.74, 6) is -0.552. The first kappa shape index (κ1) is 15.3. The topological polar surface area (TPSA) is 53.5 Å². The number of pyridine rings is 1. The molecular weight excluding hydrogens is 287 g/mol. The van der Waals surface area contributed by atoms with Crippen LogP contribution in [-0.2, 0) is 11.0 Å². The Morgan fingerprint density at radius 1 is 1.24 bits per heavy atom. The lowest BCUT2D eigenvalue weighted by molar-refractivity contribution is -0.138. The molecule has 2 heterocycles. The third kappa shape index (κ3) is 2.34. The Bertz CT molecular complexity index is 608. The van der Waals surface area contributed by atoms with E-state index in [1.165, 1.54) is 25.8 Å². The van der Waals surface area contributed by atoms with Gasteiger partial charge >= 0.3 is 12.2 Å². The molecule has 1 aliphatic rings. The predicted octanol–water partition coefficient (Wildman–Crippen LogP) is 2.50. The first-order valence-corrected chi connectivity index (χ1v) is 6.22. The smallest absolute Gasteiger partial charge is 0.315 e. The average molecular weight is 301 g/mol. The molecule has 1 aliphatic heterocycles. The first-order valence-electron chi connectivity index (χ1n) is 6.22. The van der Waals surface area contributed by atoms with Gasteiger partial charge in [0, 0.05) is 7.05 Å². The SMILES string of the molecule is Cc1cc(C(F)(F)F)c(C)nc1N1C(=O)C(C)N(C)C1=O. The zero-order valence-corrected chi connectivity index (χ0v) is 11.9. The van der Waals surface area contributed by atoms with Crippen molar-refractivity contribution < 1.29 is 22.8 Å². The van der Waals surface area contributed by atoms with Crippen molar-refractivity contribution in [2.75, 3.05) is 11.9 Å². The highest BCUT2D eigenvalue weighted by Gasteiger charge is 2.43. The maximum absolute atomic E-state index is 12.8. The molecule has 0 spiro atoms. The highest BCUT2D eigenvalue weighted by atomic mass is 19.4. The predicted molar refractivity (Wildman–Crippen MR) is 68.8 cm³/mol. The standard InChI is InChI=1S/C13H14F3N3O2/c1-6-5-9(13(14,15)16)7(2)17-10(6)19-11(20)8(3)18(4)12(19)21/h5,8H,1-4H3. The lowest BCUT2D eigenvalue weighted by Gasteiger charge is -2.18. The number of likely N-dealkylation sites (N-methyl/N-ethyl adjacent to an activating group) is 1. The van der Waals surface area contributed by atoms with Gasteiger partial charge in [0.1, 0.15) is 11.9 Å². The van der Waals surface area contributed by atoms with Gasteiger partial charge in [-0.3, -0.25) is 4.79 Å². The summed E-state index contributed by atoms with van der Waals surface area (Å²) in [6, 6.07) is -0.357. The number of hydrogen-bond donors (Lipinski definition) is 0. The molecule has 114 valence electrons. The Hall–Kier alpha value is -2.12. The molecular formula is C13H14F3N3O2. The minimum Gasteiger partial charge on any atom is -0.315 e. The fraction of sp³-hybridized carbons (Fsp3) is 0.462. The second-order valence-corrected chi connectivity index (χ2v) is 5.00. The van der Waals surface area contributed by atoms with Crippen molar-refractivity contribution in [1.82, 2.24) is 9.88 Å². The number of amides is 3. The molecule has 21 heavy (non-hydrogen) atoms. The van der Waals surface area contributed by atoms with Crippen molar-refractivity contribution in [3.8, 4) is 0 Å². The minimum atomic E-state index is -4.52. The summed E-state index contributed by atoms with van der Waals surface area (Å²) in [6.07, 6.45) is -4.52. The second-order valence-electron chi connectivity index (χ2n) is 5.00. The quantitative estimate of drug-likeness (QED) is 0.749. The summed E-state index contributed by atoms with van der Waals surface area (Å²) in [6.45, 7) is 4.14. The summed E-state index contributed by atoms with van der Waals surface area (Å²) in [5, 5.41) is 0. The van der Waals surface area contributed by atoms with E-state index in [1.54, 1.807) is 6.92 Å². The molecule has 0 aliphatic carbocycles. The lowest BCUT2D eigenvalue weighted by Crippen LogP contribution is -2.33. The molecule has 0 saturated carbocycles. The number of urea groups is 1. The molecule has 1 atom stereocenters. The number of alkyl halides is 3. The molecule has 8 heteroatoms. The zero-order valence-electron chi connectivity index (χ0n) is 11.9. The summed E-state index contributed by atoms with van der Waals surface area (Å²) in [5.41, 5.74) is -1.02. The Balaban J connectivity index is 2.54. The molecule has 1 saturated heterocycles. The molecule has 0 radical (unpaired) electrons. The number of anilines is 1. The first-order chi connectivity index (χ1) is 9.55. The number of rotatable bonds is 1. The van der Waals surface area contributed by atoms with Crippen LogP contribution in [0.5, 0.6) is 0 Å². The molecule has 1 unspecified atom stereocenters. The van der Waals surface area contributed by atoms with Gasteiger partial charge < -0.3 is 4.90 Å². The number of halogens is 3. The van der Waals surface area contributed by atoms with Crippen LogP contribution >= 0.6 is 0 Å². The van der Waals surface area contributed by atoms with Crippen LogP contribution in [0.4, 0.5) is 23.8 Å². The van der Waals surface area contributed by atoms with Crippen molar-refractivity contribution in [1.29, 1.82) is 0 Å². The van der Waals surface area contributed by atoms with Crippen LogP contribution < -0.4 is 4.90 Å². The van der Waals surface area contributed by atoms with Crippen molar-refractivity contribution in [3.05, 3.63) is 22.9 Å². The van der Waals surface area contributed by atoms with Gasteiger partial charge in [0.05, 0.1) is 11.3 Å². The summed E-state index contributed by atoms with van der Waals surface area (Å²) >= 11 is 0. The molecule has 2 rings (SSSR count). The zero-order chi connectivity index (χ0) is 16.1. The Labute approximate surface area is 119 Å². The number of aromatic nitrogens is 1. The fourth-order valence-electron chi connectivity index (χ4n) is 2.17. The van der Waals surface area contributed by atoms with E-state index in [2.05, 4.69) is 4.98 Å². The van der Waals surface area contributed by atoms with E-state index in [-0.39, 0.29) is 17.1 Å². The molecule has 1 fully saturated rings. The van der Waals surface area contributed by atoms with E-state index in [0.29, 0.717) is 0 Å². The van der Waals surface area contributed by atoms with Gasteiger partial charge in [0.2, 0.25) is 0 Å². The Kier molecular flexibility index (Phi) is 3.43. The minimum absolute atomic E-state index is 0.0494. The van der Waals surface area contributed by atoms with Crippen molar-refractivity contribution in [2.45, 2.75) is 33.0 Å². The van der Waals surface area contributed by atoms with Gasteiger partial charge in [0.15, 0.2) is 0 Å². The van der Waals surface area contributed by atoms with E-state index < -0.39 is 29.7 Å². The van der Waals surface area contributed by atoms with Gasteiger partial charge in [-0.1, -0.05) is 0 Å². The Morgan fingerprint density at radius 3 is 2.24 bits per heavy atom. The fourth-order valence-corrected chi connectivity index (χ4v) is 2.17. The highest BCUT2D eigenvalue weighted by Crippen LogP contribution is 2.35. The number of nitrogens with zero attached hydrogens (tertiary/aromatic N) is 3. The number of carbonyl (C=O) groups is 2. The Morgan fingerprint density at radius 2 is 1.81 bits per heavy atom. The molecule has 0 aromatic carbocycles. The van der Waals surface area contributed by atoms with Crippen molar-refractivity contribution in [2.24, 2.45) is 0 Å². The largest absolute Gasteiger partial charge is 0.418 e. The van der Waals surface area contributed by atoms with Crippen LogP contribution in [0.25, 0.3) is 0 Å². The monoisotopic (exact) mass is 301 g/mol. The van der Waals surface area contributed by atoms with Crippen LogP contribution in [0.3, 0.4) is 0 Å². The van der Waals surface area contributed by atoms with Gasteiger partial charge in [-0.05, 0) is 32.4 Å². The maximum Gasteiger partial charge on any atom is 0.418 e. The molecule has 1 aromatic rings. The van der Waals surface area contributed by atoms with Gasteiger partial charge in [-0.2, -0.15) is 13.2 Å². The van der Waals surface area contributed by atoms with Gasteiger partial charge in [-0.25, -0.2) is 14.7 Å². The van der Waals surface area contributed by atoms with E-state index in [1.807, 2.05) is 0 Å². The summed E-state index contributed by atoms with van der Waals surface area (Å²) in [7, 11) is 1.46. The molecule has 5 nitrogen and oxygen atoms in total. The molecule has 0 N–H and O–H groups in total. The number of aryl methyl sites for hydroxylation is 2. The van der Waals surface area contributed by atoms with E-state index in [4.69, 9.17) is 0 Å². The van der Waals surface area contributed by atoms with Crippen LogP contribution in [-0.4, -0.2) is 34.9 Å².